The Hall–Kier alpha value is -1.38. The van der Waals surface area contributed by atoms with Gasteiger partial charge in [0.1, 0.15) is 26.3 Å². The predicted molar refractivity (Wildman–Crippen MR) is 71.3 cm³/mol. The Balaban J connectivity index is 2.47. The number of aromatic nitrogens is 1. The zero-order valence-corrected chi connectivity index (χ0v) is 11.7. The SMILES string of the molecule is COc1ccc(-c2nc(Br)c(C#N)s2)cc1C. The van der Waals surface area contributed by atoms with Crippen molar-refractivity contribution in [1.29, 1.82) is 5.26 Å². The van der Waals surface area contributed by atoms with Crippen molar-refractivity contribution in [3.8, 4) is 22.4 Å². The molecular weight excluding hydrogens is 300 g/mol. The van der Waals surface area contributed by atoms with E-state index in [0.29, 0.717) is 9.48 Å². The fraction of sp³-hybridized carbons (Fsp3) is 0.167. The molecule has 5 heteroatoms. The number of hydrogen-bond acceptors (Lipinski definition) is 4. The smallest absolute Gasteiger partial charge is 0.139 e. The lowest BCUT2D eigenvalue weighted by Gasteiger charge is -2.05. The Bertz CT molecular complexity index is 601. The van der Waals surface area contributed by atoms with Crippen LogP contribution < -0.4 is 4.74 Å². The third-order valence-electron chi connectivity index (χ3n) is 2.33. The van der Waals surface area contributed by atoms with E-state index in [1.165, 1.54) is 11.3 Å². The van der Waals surface area contributed by atoms with Gasteiger partial charge in [-0.3, -0.25) is 0 Å². The first-order valence-corrected chi connectivity index (χ1v) is 6.48. The molecule has 0 N–H and O–H groups in total. The summed E-state index contributed by atoms with van der Waals surface area (Å²) < 4.78 is 5.81. The number of nitrogens with zero attached hydrogens (tertiary/aromatic N) is 2. The van der Waals surface area contributed by atoms with E-state index in [1.54, 1.807) is 7.11 Å². The second-order valence-electron chi connectivity index (χ2n) is 3.44. The summed E-state index contributed by atoms with van der Waals surface area (Å²) in [4.78, 5) is 4.91. The molecule has 0 aliphatic heterocycles. The van der Waals surface area contributed by atoms with E-state index < -0.39 is 0 Å². The second kappa shape index (κ2) is 4.86. The maximum atomic E-state index is 8.89. The minimum absolute atomic E-state index is 0.591. The van der Waals surface area contributed by atoms with E-state index >= 15 is 0 Å². The lowest BCUT2D eigenvalue weighted by molar-refractivity contribution is 0.412. The highest BCUT2D eigenvalue weighted by molar-refractivity contribution is 9.10. The molecule has 0 bridgehead atoms. The third kappa shape index (κ3) is 2.33. The highest BCUT2D eigenvalue weighted by atomic mass is 79.9. The summed E-state index contributed by atoms with van der Waals surface area (Å²) in [6.45, 7) is 1.98. The minimum atomic E-state index is 0.591. The molecule has 0 unspecified atom stereocenters. The van der Waals surface area contributed by atoms with Crippen molar-refractivity contribution in [3.63, 3.8) is 0 Å². The molecule has 1 aromatic heterocycles. The minimum Gasteiger partial charge on any atom is -0.496 e. The molecular formula is C12H9BrN2OS. The molecule has 0 saturated heterocycles. The third-order valence-corrected chi connectivity index (χ3v) is 4.17. The summed E-state index contributed by atoms with van der Waals surface area (Å²) in [7, 11) is 1.65. The standard InChI is InChI=1S/C12H9BrN2OS/c1-7-5-8(3-4-9(7)16-2)12-15-11(13)10(6-14)17-12/h3-5H,1-2H3. The first kappa shape index (κ1) is 12.1. The monoisotopic (exact) mass is 308 g/mol. The molecule has 3 nitrogen and oxygen atoms in total. The van der Waals surface area contributed by atoms with Crippen molar-refractivity contribution in [2.75, 3.05) is 7.11 Å². The molecule has 17 heavy (non-hydrogen) atoms. The van der Waals surface area contributed by atoms with Gasteiger partial charge >= 0.3 is 0 Å². The predicted octanol–water partition coefficient (Wildman–Crippen LogP) is 3.76. The van der Waals surface area contributed by atoms with Crippen LogP contribution in [0.5, 0.6) is 5.75 Å². The van der Waals surface area contributed by atoms with E-state index in [2.05, 4.69) is 27.0 Å². The van der Waals surface area contributed by atoms with Crippen molar-refractivity contribution >= 4 is 27.3 Å². The van der Waals surface area contributed by atoms with Crippen LogP contribution in [-0.4, -0.2) is 12.1 Å². The second-order valence-corrected chi connectivity index (χ2v) is 5.19. The molecule has 2 aromatic rings. The van der Waals surface area contributed by atoms with Crippen LogP contribution in [0.1, 0.15) is 10.4 Å². The zero-order chi connectivity index (χ0) is 12.4. The highest BCUT2D eigenvalue weighted by Crippen LogP contribution is 2.32. The van der Waals surface area contributed by atoms with Crippen molar-refractivity contribution in [2.24, 2.45) is 0 Å². The van der Waals surface area contributed by atoms with Crippen LogP contribution in [0, 0.1) is 18.3 Å². The van der Waals surface area contributed by atoms with Crippen LogP contribution in [-0.2, 0) is 0 Å². The number of benzene rings is 1. The summed E-state index contributed by atoms with van der Waals surface area (Å²) in [5.74, 6) is 0.852. The average Bonchev–Trinajstić information content (AvgIpc) is 2.70. The van der Waals surface area contributed by atoms with Crippen LogP contribution in [0.4, 0.5) is 0 Å². The van der Waals surface area contributed by atoms with E-state index in [1.807, 2.05) is 25.1 Å². The Morgan fingerprint density at radius 3 is 2.76 bits per heavy atom. The molecule has 0 amide bonds. The molecule has 0 fully saturated rings. The molecule has 86 valence electrons. The van der Waals surface area contributed by atoms with Gasteiger partial charge in [0.05, 0.1) is 7.11 Å². The summed E-state index contributed by atoms with van der Waals surface area (Å²) in [6, 6.07) is 7.96. The highest BCUT2D eigenvalue weighted by Gasteiger charge is 2.11. The normalized spacial score (nSPS) is 10.0. The number of rotatable bonds is 2. The van der Waals surface area contributed by atoms with Crippen molar-refractivity contribution in [3.05, 3.63) is 33.2 Å². The number of methoxy groups -OCH3 is 1. The van der Waals surface area contributed by atoms with Crippen molar-refractivity contribution in [1.82, 2.24) is 4.98 Å². The van der Waals surface area contributed by atoms with Crippen LogP contribution >= 0.6 is 27.3 Å². The van der Waals surface area contributed by atoms with E-state index in [0.717, 1.165) is 21.9 Å². The lowest BCUT2D eigenvalue weighted by atomic mass is 10.1. The van der Waals surface area contributed by atoms with Gasteiger partial charge in [-0.15, -0.1) is 11.3 Å². The first-order chi connectivity index (χ1) is 8.15. The zero-order valence-electron chi connectivity index (χ0n) is 9.32. The van der Waals surface area contributed by atoms with Crippen molar-refractivity contribution < 1.29 is 4.74 Å². The quantitative estimate of drug-likeness (QED) is 0.848. The van der Waals surface area contributed by atoms with Gasteiger partial charge in [-0.1, -0.05) is 0 Å². The summed E-state index contributed by atoms with van der Waals surface area (Å²) in [5, 5.41) is 9.72. The molecule has 0 spiro atoms. The average molecular weight is 309 g/mol. The number of nitriles is 1. The van der Waals surface area contributed by atoms with E-state index in [9.17, 15) is 0 Å². The maximum Gasteiger partial charge on any atom is 0.139 e. The van der Waals surface area contributed by atoms with Gasteiger partial charge in [0.15, 0.2) is 0 Å². The van der Waals surface area contributed by atoms with Gasteiger partial charge in [-0.05, 0) is 46.6 Å². The Morgan fingerprint density at radius 2 is 2.24 bits per heavy atom. The van der Waals surface area contributed by atoms with Crippen LogP contribution in [0.15, 0.2) is 22.8 Å². The van der Waals surface area contributed by atoms with Gasteiger partial charge in [0.2, 0.25) is 0 Å². The Morgan fingerprint density at radius 1 is 1.47 bits per heavy atom. The van der Waals surface area contributed by atoms with Gasteiger partial charge in [0.25, 0.3) is 0 Å². The summed E-state index contributed by atoms with van der Waals surface area (Å²) in [6.07, 6.45) is 0. The first-order valence-electron chi connectivity index (χ1n) is 4.87. The molecule has 0 atom stereocenters. The van der Waals surface area contributed by atoms with Gasteiger partial charge in [-0.25, -0.2) is 4.98 Å². The molecule has 2 rings (SSSR count). The van der Waals surface area contributed by atoms with Crippen molar-refractivity contribution in [2.45, 2.75) is 6.92 Å². The van der Waals surface area contributed by atoms with Crippen LogP contribution in [0.2, 0.25) is 0 Å². The maximum absolute atomic E-state index is 8.89. The molecule has 0 radical (unpaired) electrons. The van der Waals surface area contributed by atoms with E-state index in [-0.39, 0.29) is 0 Å². The summed E-state index contributed by atoms with van der Waals surface area (Å²) >= 11 is 4.65. The largest absolute Gasteiger partial charge is 0.496 e. The van der Waals surface area contributed by atoms with E-state index in [4.69, 9.17) is 10.00 Å². The number of ether oxygens (including phenoxy) is 1. The lowest BCUT2D eigenvalue weighted by Crippen LogP contribution is -1.87. The number of thiazole rings is 1. The molecule has 0 saturated carbocycles. The van der Waals surface area contributed by atoms with Gasteiger partial charge in [0, 0.05) is 5.56 Å². The number of aryl methyl sites for hydroxylation is 1. The fourth-order valence-corrected chi connectivity index (χ4v) is 2.88. The van der Waals surface area contributed by atoms with Gasteiger partial charge < -0.3 is 4.74 Å². The Kier molecular flexibility index (Phi) is 3.46. The van der Waals surface area contributed by atoms with Gasteiger partial charge in [-0.2, -0.15) is 5.26 Å². The molecule has 0 aliphatic rings. The number of hydrogen-bond donors (Lipinski definition) is 0. The van der Waals surface area contributed by atoms with Crippen LogP contribution in [0.25, 0.3) is 10.6 Å². The fourth-order valence-electron chi connectivity index (χ4n) is 1.51. The summed E-state index contributed by atoms with van der Waals surface area (Å²) in [5.41, 5.74) is 2.05. The Labute approximate surface area is 112 Å². The molecule has 1 heterocycles. The van der Waals surface area contributed by atoms with Crippen LogP contribution in [0.3, 0.4) is 0 Å². The molecule has 1 aromatic carbocycles. The topological polar surface area (TPSA) is 45.9 Å². The molecule has 0 aliphatic carbocycles. The number of halogens is 1.